The number of nitrogens with zero attached hydrogens (tertiary/aromatic N) is 4. The number of carboxylic acid groups (broad SMARTS) is 2. The maximum absolute atomic E-state index is 11.8. The Morgan fingerprint density at radius 3 is 1.94 bits per heavy atom. The number of hydrogen-bond acceptors (Lipinski definition) is 6. The molecule has 0 bridgehead atoms. The van der Waals surface area contributed by atoms with E-state index in [1.807, 2.05) is 23.1 Å². The largest absolute Gasteiger partial charge is 0.490 e. The number of carboxylic acids is 2. The lowest BCUT2D eigenvalue weighted by molar-refractivity contribution is -0.193. The van der Waals surface area contributed by atoms with Gasteiger partial charge in [-0.1, -0.05) is 0 Å². The van der Waals surface area contributed by atoms with Gasteiger partial charge in [-0.2, -0.15) is 31.4 Å². The molecule has 0 spiro atoms. The van der Waals surface area contributed by atoms with Gasteiger partial charge in [0.25, 0.3) is 0 Å². The van der Waals surface area contributed by atoms with Crippen LogP contribution in [-0.2, 0) is 26.2 Å². The summed E-state index contributed by atoms with van der Waals surface area (Å²) in [6, 6.07) is 3.36. The van der Waals surface area contributed by atoms with Crippen molar-refractivity contribution in [2.45, 2.75) is 63.7 Å². The number of hydrogen-bond donors (Lipinski definition) is 2. The van der Waals surface area contributed by atoms with Gasteiger partial charge < -0.3 is 10.2 Å². The van der Waals surface area contributed by atoms with Gasteiger partial charge in [0.15, 0.2) is 0 Å². The van der Waals surface area contributed by atoms with Crippen LogP contribution in [0.5, 0.6) is 0 Å². The van der Waals surface area contributed by atoms with Crippen LogP contribution in [0.2, 0.25) is 0 Å². The Morgan fingerprint density at radius 2 is 1.58 bits per heavy atom. The van der Waals surface area contributed by atoms with Crippen molar-refractivity contribution in [2.24, 2.45) is 5.92 Å². The molecule has 17 heteroatoms. The summed E-state index contributed by atoms with van der Waals surface area (Å²) >= 11 is 0. The molecular formula is C19H28F6N4O6S. The zero-order chi connectivity index (χ0) is 28.1. The van der Waals surface area contributed by atoms with Crippen molar-refractivity contribution < 1.29 is 54.6 Å². The highest BCUT2D eigenvalue weighted by Crippen LogP contribution is 2.38. The molecule has 1 aromatic heterocycles. The Labute approximate surface area is 203 Å². The molecule has 1 aromatic rings. The second-order valence-electron chi connectivity index (χ2n) is 8.50. The van der Waals surface area contributed by atoms with Crippen LogP contribution in [0.25, 0.3) is 0 Å². The molecule has 3 rings (SSSR count). The lowest BCUT2D eigenvalue weighted by Gasteiger charge is -2.39. The summed E-state index contributed by atoms with van der Waals surface area (Å²) in [5.74, 6) is -5.08. The molecule has 2 N–H and O–H groups in total. The first-order valence-corrected chi connectivity index (χ1v) is 12.4. The van der Waals surface area contributed by atoms with Gasteiger partial charge in [-0.05, 0) is 38.7 Å². The van der Waals surface area contributed by atoms with E-state index in [9.17, 15) is 34.8 Å². The van der Waals surface area contributed by atoms with Crippen LogP contribution in [0.1, 0.15) is 26.7 Å². The van der Waals surface area contributed by atoms with Gasteiger partial charge in [-0.3, -0.25) is 9.58 Å². The third kappa shape index (κ3) is 9.57. The number of piperidine rings is 1. The summed E-state index contributed by atoms with van der Waals surface area (Å²) < 4.78 is 90.8. The molecule has 10 nitrogen and oxygen atoms in total. The molecule has 208 valence electrons. The van der Waals surface area contributed by atoms with Crippen molar-refractivity contribution in [3.63, 3.8) is 0 Å². The van der Waals surface area contributed by atoms with Gasteiger partial charge in [0.1, 0.15) is 0 Å². The average Bonchev–Trinajstić information content (AvgIpc) is 3.33. The number of carbonyl (C=O) groups is 2. The number of halogens is 6. The molecule has 0 amide bonds. The zero-order valence-electron chi connectivity index (χ0n) is 19.6. The molecule has 3 atom stereocenters. The molecule has 0 saturated carbocycles. The van der Waals surface area contributed by atoms with Gasteiger partial charge >= 0.3 is 24.3 Å². The topological polar surface area (TPSA) is 133 Å². The molecule has 0 radical (unpaired) electrons. The molecule has 2 fully saturated rings. The fraction of sp³-hybridized carbons (Fsp3) is 0.737. The minimum atomic E-state index is -5.08. The van der Waals surface area contributed by atoms with Crippen molar-refractivity contribution in [3.05, 3.63) is 18.5 Å². The van der Waals surface area contributed by atoms with Crippen LogP contribution in [0.15, 0.2) is 18.5 Å². The quantitative estimate of drug-likeness (QED) is 0.542. The lowest BCUT2D eigenvalue weighted by Crippen LogP contribution is -2.50. The average molecular weight is 555 g/mol. The Hall–Kier alpha value is -2.40. The standard InChI is InChI=1S/C15H26N4O2S.2C2HF3O2/c1-12(2)19-14(11-17-7-4-6-16-17)9-13-10-18(22(3,20)21)8-5-15(13)19;2*3-2(4,5)1(6)7/h4,6-7,12-15H,5,8-11H2,1-3H3;2*(H,6,7)/t13-,14+,15+;;/m1../s1. The second kappa shape index (κ2) is 12.2. The first kappa shape index (κ1) is 31.6. The molecule has 0 aromatic carbocycles. The van der Waals surface area contributed by atoms with Gasteiger partial charge in [-0.25, -0.2) is 22.3 Å². The number of fused-ring (bicyclic) bond motifs is 1. The highest BCUT2D eigenvalue weighted by molar-refractivity contribution is 7.88. The van der Waals surface area contributed by atoms with Crippen molar-refractivity contribution in [1.29, 1.82) is 0 Å². The fourth-order valence-corrected chi connectivity index (χ4v) is 5.15. The van der Waals surface area contributed by atoms with Gasteiger partial charge in [-0.15, -0.1) is 0 Å². The first-order valence-electron chi connectivity index (χ1n) is 10.5. The predicted molar refractivity (Wildman–Crippen MR) is 113 cm³/mol. The molecule has 3 heterocycles. The summed E-state index contributed by atoms with van der Waals surface area (Å²) in [6.07, 6.45) is -3.04. The number of likely N-dealkylation sites (tertiary alicyclic amines) is 1. The highest BCUT2D eigenvalue weighted by Gasteiger charge is 2.46. The maximum atomic E-state index is 11.8. The first-order chi connectivity index (χ1) is 16.2. The number of aromatic nitrogens is 2. The maximum Gasteiger partial charge on any atom is 0.490 e. The fourth-order valence-electron chi connectivity index (χ4n) is 4.25. The van der Waals surface area contributed by atoms with Crippen LogP contribution in [-0.4, -0.2) is 99.4 Å². The van der Waals surface area contributed by atoms with Crippen LogP contribution in [0.3, 0.4) is 0 Å². The number of alkyl halides is 6. The van der Waals surface area contributed by atoms with Crippen molar-refractivity contribution >= 4 is 22.0 Å². The summed E-state index contributed by atoms with van der Waals surface area (Å²) in [7, 11) is -3.07. The Bertz CT molecular complexity index is 944. The van der Waals surface area contributed by atoms with E-state index >= 15 is 0 Å². The Morgan fingerprint density at radius 1 is 1.08 bits per heavy atom. The normalized spacial score (nSPS) is 23.2. The van der Waals surface area contributed by atoms with Crippen molar-refractivity contribution in [1.82, 2.24) is 19.0 Å². The molecule has 0 unspecified atom stereocenters. The zero-order valence-corrected chi connectivity index (χ0v) is 20.4. The van der Waals surface area contributed by atoms with E-state index in [2.05, 4.69) is 23.8 Å². The molecule has 2 aliphatic heterocycles. The van der Waals surface area contributed by atoms with Gasteiger partial charge in [0.05, 0.1) is 12.8 Å². The summed E-state index contributed by atoms with van der Waals surface area (Å²) in [5, 5.41) is 18.6. The molecule has 2 aliphatic rings. The number of rotatable bonds is 4. The molecule has 2 saturated heterocycles. The molecule has 36 heavy (non-hydrogen) atoms. The minimum Gasteiger partial charge on any atom is -0.475 e. The van der Waals surface area contributed by atoms with Crippen LogP contribution in [0, 0.1) is 5.92 Å². The summed E-state index contributed by atoms with van der Waals surface area (Å²) in [5.41, 5.74) is 0. The number of sulfonamides is 1. The van der Waals surface area contributed by atoms with E-state index in [0.717, 1.165) is 19.4 Å². The number of aliphatic carboxylic acids is 2. The monoisotopic (exact) mass is 554 g/mol. The van der Waals surface area contributed by atoms with E-state index in [4.69, 9.17) is 19.8 Å². The Kier molecular flexibility index (Phi) is 10.7. The van der Waals surface area contributed by atoms with Gasteiger partial charge in [0, 0.05) is 43.6 Å². The van der Waals surface area contributed by atoms with E-state index in [-0.39, 0.29) is 0 Å². The van der Waals surface area contributed by atoms with Crippen LogP contribution in [0.4, 0.5) is 26.3 Å². The van der Waals surface area contributed by atoms with Crippen molar-refractivity contribution in [2.75, 3.05) is 19.3 Å². The third-order valence-corrected chi connectivity index (χ3v) is 6.81. The van der Waals surface area contributed by atoms with E-state index < -0.39 is 34.3 Å². The molecular weight excluding hydrogens is 526 g/mol. The van der Waals surface area contributed by atoms with E-state index in [1.54, 1.807) is 4.31 Å². The predicted octanol–water partition coefficient (Wildman–Crippen LogP) is 2.28. The van der Waals surface area contributed by atoms with Gasteiger partial charge in [0.2, 0.25) is 10.0 Å². The third-order valence-electron chi connectivity index (χ3n) is 5.54. The smallest absolute Gasteiger partial charge is 0.475 e. The summed E-state index contributed by atoms with van der Waals surface area (Å²) in [4.78, 5) is 20.4. The Balaban J connectivity index is 0.000000383. The lowest BCUT2D eigenvalue weighted by atomic mass is 9.93. The minimum absolute atomic E-state index is 0.437. The van der Waals surface area contributed by atoms with Crippen LogP contribution < -0.4 is 0 Å². The highest BCUT2D eigenvalue weighted by atomic mass is 32.2. The SMILES string of the molecule is CC(C)N1[C@H](Cn2cccn2)C[C@@H]2CN(S(C)(=O)=O)CC[C@@H]21.O=C(O)C(F)(F)F.O=C(O)C(F)(F)F. The second-order valence-corrected chi connectivity index (χ2v) is 10.5. The molecule has 0 aliphatic carbocycles. The van der Waals surface area contributed by atoms with Crippen LogP contribution >= 0.6 is 0 Å². The summed E-state index contributed by atoms with van der Waals surface area (Å²) in [6.45, 7) is 6.68. The van der Waals surface area contributed by atoms with Crippen molar-refractivity contribution in [3.8, 4) is 0 Å². The van der Waals surface area contributed by atoms with E-state index in [1.165, 1.54) is 6.26 Å². The van der Waals surface area contributed by atoms with E-state index in [0.29, 0.717) is 37.1 Å².